The Bertz CT molecular complexity index is 539. The van der Waals surface area contributed by atoms with Crippen molar-refractivity contribution in [2.45, 2.75) is 32.2 Å². The van der Waals surface area contributed by atoms with Crippen LogP contribution in [0.15, 0.2) is 11.4 Å². The van der Waals surface area contributed by atoms with Crippen LogP contribution in [0.5, 0.6) is 0 Å². The third kappa shape index (κ3) is 2.50. The van der Waals surface area contributed by atoms with Crippen LogP contribution in [-0.4, -0.2) is 34.3 Å². The summed E-state index contributed by atoms with van der Waals surface area (Å²) < 4.78 is 0. The van der Waals surface area contributed by atoms with E-state index in [0.717, 1.165) is 44.1 Å². The summed E-state index contributed by atoms with van der Waals surface area (Å²) >= 11 is 1.72. The van der Waals surface area contributed by atoms with Crippen LogP contribution in [0.3, 0.4) is 0 Å². The monoisotopic (exact) mass is 277 g/mol. The highest BCUT2D eigenvalue weighted by atomic mass is 32.1. The maximum atomic E-state index is 5.92. The molecule has 0 spiro atoms. The van der Waals surface area contributed by atoms with Gasteiger partial charge in [-0.1, -0.05) is 6.92 Å². The first kappa shape index (κ1) is 12.6. The Morgan fingerprint density at radius 3 is 3.00 bits per heavy atom. The molecule has 0 atom stereocenters. The molecule has 3 N–H and O–H groups in total. The van der Waals surface area contributed by atoms with Gasteiger partial charge in [-0.15, -0.1) is 16.4 Å². The quantitative estimate of drug-likeness (QED) is 0.900. The number of nitrogens with zero attached hydrogens (tertiary/aromatic N) is 3. The molecule has 0 radical (unpaired) electrons. The summed E-state index contributed by atoms with van der Waals surface area (Å²) in [7, 11) is 0. The summed E-state index contributed by atoms with van der Waals surface area (Å²) in [6.45, 7) is 4.06. The van der Waals surface area contributed by atoms with Gasteiger partial charge >= 0.3 is 0 Å². The number of anilines is 1. The van der Waals surface area contributed by atoms with Crippen molar-refractivity contribution >= 4 is 17.3 Å². The zero-order chi connectivity index (χ0) is 13.2. The molecule has 19 heavy (non-hydrogen) atoms. The summed E-state index contributed by atoms with van der Waals surface area (Å²) in [6.07, 6.45) is 3.06. The minimum absolute atomic E-state index is 0.332. The molecule has 0 bridgehead atoms. The SMILES string of the molecule is CCc1ccsc1-c1nc(N2CCC(N)CC2)n[nH]1. The van der Waals surface area contributed by atoms with E-state index in [1.165, 1.54) is 10.4 Å². The average molecular weight is 277 g/mol. The fourth-order valence-electron chi connectivity index (χ4n) is 2.42. The zero-order valence-electron chi connectivity index (χ0n) is 11.1. The van der Waals surface area contributed by atoms with Gasteiger partial charge in [0, 0.05) is 19.1 Å². The number of aromatic amines is 1. The van der Waals surface area contributed by atoms with Gasteiger partial charge in [-0.2, -0.15) is 4.98 Å². The normalized spacial score (nSPS) is 17.1. The lowest BCUT2D eigenvalue weighted by Crippen LogP contribution is -2.40. The number of aromatic nitrogens is 3. The van der Waals surface area contributed by atoms with Crippen LogP contribution in [0.2, 0.25) is 0 Å². The molecule has 0 aromatic carbocycles. The largest absolute Gasteiger partial charge is 0.339 e. The number of aryl methyl sites for hydroxylation is 1. The molecule has 1 aliphatic heterocycles. The van der Waals surface area contributed by atoms with E-state index in [9.17, 15) is 0 Å². The summed E-state index contributed by atoms with van der Waals surface area (Å²) in [6, 6.07) is 2.49. The van der Waals surface area contributed by atoms with Gasteiger partial charge in [0.1, 0.15) is 0 Å². The van der Waals surface area contributed by atoms with Gasteiger partial charge in [-0.05, 0) is 36.3 Å². The number of H-pyrrole nitrogens is 1. The van der Waals surface area contributed by atoms with E-state index in [2.05, 4.69) is 38.5 Å². The number of hydrogen-bond donors (Lipinski definition) is 2. The first-order valence-corrected chi connectivity index (χ1v) is 7.65. The van der Waals surface area contributed by atoms with E-state index in [-0.39, 0.29) is 0 Å². The van der Waals surface area contributed by atoms with Crippen LogP contribution < -0.4 is 10.6 Å². The highest BCUT2D eigenvalue weighted by Crippen LogP contribution is 2.28. The molecule has 5 nitrogen and oxygen atoms in total. The van der Waals surface area contributed by atoms with Crippen LogP contribution in [0.4, 0.5) is 5.95 Å². The van der Waals surface area contributed by atoms with E-state index < -0.39 is 0 Å². The van der Waals surface area contributed by atoms with Crippen molar-refractivity contribution in [3.8, 4) is 10.7 Å². The van der Waals surface area contributed by atoms with Crippen molar-refractivity contribution in [1.29, 1.82) is 0 Å². The average Bonchev–Trinajstić information content (AvgIpc) is 3.07. The Morgan fingerprint density at radius 2 is 2.26 bits per heavy atom. The second-order valence-corrected chi connectivity index (χ2v) is 5.85. The standard InChI is InChI=1S/C13H19N5S/c1-2-9-5-8-19-11(9)12-15-13(17-16-12)18-6-3-10(14)4-7-18/h5,8,10H,2-4,6-7,14H2,1H3,(H,15,16,17). The van der Waals surface area contributed by atoms with Gasteiger partial charge in [0.05, 0.1) is 4.88 Å². The number of hydrogen-bond acceptors (Lipinski definition) is 5. The number of thiophene rings is 1. The molecular weight excluding hydrogens is 258 g/mol. The second kappa shape index (κ2) is 5.30. The lowest BCUT2D eigenvalue weighted by molar-refractivity contribution is 0.496. The van der Waals surface area contributed by atoms with Crippen LogP contribution in [0, 0.1) is 0 Å². The van der Waals surface area contributed by atoms with Crippen LogP contribution >= 0.6 is 11.3 Å². The molecule has 2 aromatic rings. The predicted octanol–water partition coefficient (Wildman–Crippen LogP) is 2.02. The molecule has 0 unspecified atom stereocenters. The Kier molecular flexibility index (Phi) is 3.52. The number of nitrogens with two attached hydrogens (primary N) is 1. The minimum Gasteiger partial charge on any atom is -0.339 e. The van der Waals surface area contributed by atoms with Gasteiger partial charge in [-0.25, -0.2) is 0 Å². The van der Waals surface area contributed by atoms with Gasteiger partial charge in [0.2, 0.25) is 5.95 Å². The predicted molar refractivity (Wildman–Crippen MR) is 78.5 cm³/mol. The summed E-state index contributed by atoms with van der Waals surface area (Å²) in [5.74, 6) is 1.69. The van der Waals surface area contributed by atoms with Gasteiger partial charge in [0.25, 0.3) is 0 Å². The second-order valence-electron chi connectivity index (χ2n) is 4.94. The molecule has 3 heterocycles. The highest BCUT2D eigenvalue weighted by molar-refractivity contribution is 7.13. The Balaban J connectivity index is 1.80. The molecule has 1 aliphatic rings. The van der Waals surface area contributed by atoms with E-state index in [1.54, 1.807) is 11.3 Å². The lowest BCUT2D eigenvalue weighted by Gasteiger charge is -2.28. The number of piperidine rings is 1. The van der Waals surface area contributed by atoms with Gasteiger partial charge < -0.3 is 10.6 Å². The molecule has 1 saturated heterocycles. The molecule has 0 amide bonds. The van der Waals surface area contributed by atoms with Crippen molar-refractivity contribution in [2.24, 2.45) is 5.73 Å². The Hall–Kier alpha value is -1.40. The Morgan fingerprint density at radius 1 is 1.47 bits per heavy atom. The topological polar surface area (TPSA) is 70.8 Å². The molecule has 0 aliphatic carbocycles. The van der Waals surface area contributed by atoms with Crippen molar-refractivity contribution < 1.29 is 0 Å². The molecular formula is C13H19N5S. The summed E-state index contributed by atoms with van der Waals surface area (Å²) in [4.78, 5) is 8.05. The first-order valence-electron chi connectivity index (χ1n) is 6.77. The van der Waals surface area contributed by atoms with Crippen molar-refractivity contribution in [1.82, 2.24) is 15.2 Å². The number of nitrogens with one attached hydrogen (secondary N) is 1. The molecule has 2 aromatic heterocycles. The fraction of sp³-hybridized carbons (Fsp3) is 0.538. The lowest BCUT2D eigenvalue weighted by atomic mass is 10.1. The van der Waals surface area contributed by atoms with Crippen molar-refractivity contribution in [3.05, 3.63) is 17.0 Å². The van der Waals surface area contributed by atoms with E-state index >= 15 is 0 Å². The fourth-order valence-corrected chi connectivity index (χ4v) is 3.35. The number of rotatable bonds is 3. The molecule has 6 heteroatoms. The molecule has 0 saturated carbocycles. The summed E-state index contributed by atoms with van der Waals surface area (Å²) in [5, 5.41) is 9.53. The maximum Gasteiger partial charge on any atom is 0.245 e. The smallest absolute Gasteiger partial charge is 0.245 e. The minimum atomic E-state index is 0.332. The van der Waals surface area contributed by atoms with Crippen LogP contribution in [0.1, 0.15) is 25.3 Å². The molecule has 102 valence electrons. The Labute approximate surface area is 116 Å². The first-order chi connectivity index (χ1) is 9.28. The highest BCUT2D eigenvalue weighted by Gasteiger charge is 2.20. The maximum absolute atomic E-state index is 5.92. The third-order valence-electron chi connectivity index (χ3n) is 3.64. The van der Waals surface area contributed by atoms with E-state index in [1.807, 2.05) is 0 Å². The van der Waals surface area contributed by atoms with Crippen LogP contribution in [-0.2, 0) is 6.42 Å². The third-order valence-corrected chi connectivity index (χ3v) is 4.60. The van der Waals surface area contributed by atoms with Gasteiger partial charge in [0.15, 0.2) is 5.82 Å². The van der Waals surface area contributed by atoms with E-state index in [0.29, 0.717) is 6.04 Å². The molecule has 3 rings (SSSR count). The summed E-state index contributed by atoms with van der Waals surface area (Å²) in [5.41, 5.74) is 7.25. The van der Waals surface area contributed by atoms with Crippen molar-refractivity contribution in [2.75, 3.05) is 18.0 Å². The van der Waals surface area contributed by atoms with Gasteiger partial charge in [-0.3, -0.25) is 5.10 Å². The zero-order valence-corrected chi connectivity index (χ0v) is 11.9. The van der Waals surface area contributed by atoms with Crippen LogP contribution in [0.25, 0.3) is 10.7 Å². The van der Waals surface area contributed by atoms with Crippen molar-refractivity contribution in [3.63, 3.8) is 0 Å². The van der Waals surface area contributed by atoms with E-state index in [4.69, 9.17) is 5.73 Å². The molecule has 1 fully saturated rings.